The zero-order valence-electron chi connectivity index (χ0n) is 12.8. The summed E-state index contributed by atoms with van der Waals surface area (Å²) >= 11 is 0. The number of unbranched alkanes of at least 4 members (excludes halogenated alkanes) is 3. The molecular formula is C17H27NO2. The van der Waals surface area contributed by atoms with Crippen LogP contribution in [-0.2, 0) is 0 Å². The Balaban J connectivity index is 1.84. The first kappa shape index (κ1) is 15.0. The van der Waals surface area contributed by atoms with E-state index in [0.29, 0.717) is 6.04 Å². The highest BCUT2D eigenvalue weighted by atomic mass is 16.5. The van der Waals surface area contributed by atoms with Crippen molar-refractivity contribution in [1.82, 2.24) is 0 Å². The third-order valence-electron chi connectivity index (χ3n) is 3.65. The molecule has 3 nitrogen and oxygen atoms in total. The minimum absolute atomic E-state index is 0.497. The quantitative estimate of drug-likeness (QED) is 0.738. The molecule has 0 saturated carbocycles. The van der Waals surface area contributed by atoms with Gasteiger partial charge in [0.1, 0.15) is 0 Å². The van der Waals surface area contributed by atoms with E-state index < -0.39 is 0 Å². The molecular weight excluding hydrogens is 250 g/mol. The average Bonchev–Trinajstić information content (AvgIpc) is 2.68. The first-order valence-electron chi connectivity index (χ1n) is 7.96. The number of hydrogen-bond donors (Lipinski definition) is 1. The molecule has 0 radical (unpaired) electrons. The van der Waals surface area contributed by atoms with Crippen LogP contribution in [0.25, 0.3) is 0 Å². The fraction of sp³-hybridized carbons (Fsp3) is 0.647. The van der Waals surface area contributed by atoms with Crippen molar-refractivity contribution in [2.75, 3.05) is 18.5 Å². The van der Waals surface area contributed by atoms with Gasteiger partial charge < -0.3 is 14.8 Å². The van der Waals surface area contributed by atoms with E-state index >= 15 is 0 Å². The lowest BCUT2D eigenvalue weighted by molar-refractivity contribution is 0.297. The van der Waals surface area contributed by atoms with Crippen LogP contribution in [0.5, 0.6) is 11.5 Å². The average molecular weight is 277 g/mol. The molecule has 1 unspecified atom stereocenters. The Labute approximate surface area is 122 Å². The van der Waals surface area contributed by atoms with Gasteiger partial charge in [-0.05, 0) is 25.5 Å². The molecule has 1 N–H and O–H groups in total. The van der Waals surface area contributed by atoms with Gasteiger partial charge in [0.05, 0.1) is 13.2 Å². The number of rotatable bonds is 7. The molecule has 1 atom stereocenters. The van der Waals surface area contributed by atoms with Gasteiger partial charge in [0, 0.05) is 24.2 Å². The SMILES string of the molecule is CCCCCCC(C)Nc1ccc2c(c1)OCCCO2. The van der Waals surface area contributed by atoms with Crippen molar-refractivity contribution in [3.63, 3.8) is 0 Å². The molecule has 1 heterocycles. The summed E-state index contributed by atoms with van der Waals surface area (Å²) < 4.78 is 11.4. The summed E-state index contributed by atoms with van der Waals surface area (Å²) in [5.74, 6) is 1.73. The van der Waals surface area contributed by atoms with E-state index in [2.05, 4.69) is 31.3 Å². The Morgan fingerprint density at radius 1 is 1.10 bits per heavy atom. The van der Waals surface area contributed by atoms with Gasteiger partial charge in [-0.2, -0.15) is 0 Å². The number of fused-ring (bicyclic) bond motifs is 1. The second kappa shape index (κ2) is 8.03. The number of nitrogens with one attached hydrogen (secondary N) is 1. The number of hydrogen-bond acceptors (Lipinski definition) is 3. The van der Waals surface area contributed by atoms with Gasteiger partial charge in [0.2, 0.25) is 0 Å². The molecule has 1 aromatic carbocycles. The molecule has 0 bridgehead atoms. The van der Waals surface area contributed by atoms with Crippen LogP contribution in [0.2, 0.25) is 0 Å². The van der Waals surface area contributed by atoms with E-state index in [1.165, 1.54) is 32.1 Å². The maximum atomic E-state index is 5.72. The van der Waals surface area contributed by atoms with E-state index in [0.717, 1.165) is 36.8 Å². The summed E-state index contributed by atoms with van der Waals surface area (Å²) in [4.78, 5) is 0. The van der Waals surface area contributed by atoms with Crippen LogP contribution in [0.15, 0.2) is 18.2 Å². The Morgan fingerprint density at radius 3 is 2.70 bits per heavy atom. The molecule has 0 spiro atoms. The van der Waals surface area contributed by atoms with Crippen molar-refractivity contribution in [2.24, 2.45) is 0 Å². The monoisotopic (exact) mass is 277 g/mol. The maximum absolute atomic E-state index is 5.72. The molecule has 112 valence electrons. The van der Waals surface area contributed by atoms with Gasteiger partial charge in [-0.25, -0.2) is 0 Å². The van der Waals surface area contributed by atoms with Crippen LogP contribution in [0.4, 0.5) is 5.69 Å². The van der Waals surface area contributed by atoms with E-state index in [-0.39, 0.29) is 0 Å². The highest BCUT2D eigenvalue weighted by molar-refractivity contribution is 5.55. The third-order valence-corrected chi connectivity index (χ3v) is 3.65. The molecule has 1 aromatic rings. The maximum Gasteiger partial charge on any atom is 0.163 e. The van der Waals surface area contributed by atoms with Gasteiger partial charge in [-0.15, -0.1) is 0 Å². The molecule has 3 heteroatoms. The molecule has 1 aliphatic rings. The molecule has 0 amide bonds. The topological polar surface area (TPSA) is 30.5 Å². The molecule has 20 heavy (non-hydrogen) atoms. The third kappa shape index (κ3) is 4.62. The van der Waals surface area contributed by atoms with E-state index in [4.69, 9.17) is 9.47 Å². The lowest BCUT2D eigenvalue weighted by Gasteiger charge is -2.16. The second-order valence-corrected chi connectivity index (χ2v) is 5.61. The predicted octanol–water partition coefficient (Wildman–Crippen LogP) is 4.62. The molecule has 0 aromatic heterocycles. The van der Waals surface area contributed by atoms with Gasteiger partial charge in [0.25, 0.3) is 0 Å². The fourth-order valence-corrected chi connectivity index (χ4v) is 2.49. The molecule has 0 aliphatic carbocycles. The zero-order chi connectivity index (χ0) is 14.2. The summed E-state index contributed by atoms with van der Waals surface area (Å²) in [7, 11) is 0. The van der Waals surface area contributed by atoms with Crippen LogP contribution in [0.3, 0.4) is 0 Å². The van der Waals surface area contributed by atoms with Crippen LogP contribution in [0.1, 0.15) is 52.4 Å². The minimum Gasteiger partial charge on any atom is -0.490 e. The van der Waals surface area contributed by atoms with Crippen molar-refractivity contribution in [3.8, 4) is 11.5 Å². The smallest absolute Gasteiger partial charge is 0.163 e. The van der Waals surface area contributed by atoms with Gasteiger partial charge in [-0.1, -0.05) is 32.6 Å². The Morgan fingerprint density at radius 2 is 1.90 bits per heavy atom. The molecule has 1 aliphatic heterocycles. The first-order valence-corrected chi connectivity index (χ1v) is 7.96. The van der Waals surface area contributed by atoms with Crippen molar-refractivity contribution < 1.29 is 9.47 Å². The Bertz CT molecular complexity index is 406. The van der Waals surface area contributed by atoms with Crippen molar-refractivity contribution in [2.45, 2.75) is 58.4 Å². The highest BCUT2D eigenvalue weighted by Crippen LogP contribution is 2.32. The summed E-state index contributed by atoms with van der Waals surface area (Å²) in [5, 5.41) is 3.55. The van der Waals surface area contributed by atoms with Crippen LogP contribution < -0.4 is 14.8 Å². The van der Waals surface area contributed by atoms with Crippen molar-refractivity contribution in [1.29, 1.82) is 0 Å². The highest BCUT2D eigenvalue weighted by Gasteiger charge is 2.11. The van der Waals surface area contributed by atoms with Gasteiger partial charge >= 0.3 is 0 Å². The first-order chi connectivity index (χ1) is 9.79. The lowest BCUT2D eigenvalue weighted by atomic mass is 10.1. The predicted molar refractivity (Wildman–Crippen MR) is 83.9 cm³/mol. The summed E-state index contributed by atoms with van der Waals surface area (Å²) in [5.41, 5.74) is 1.12. The molecule has 0 fully saturated rings. The van der Waals surface area contributed by atoms with Crippen LogP contribution >= 0.6 is 0 Å². The normalized spacial score (nSPS) is 15.5. The standard InChI is InChI=1S/C17H27NO2/c1-3-4-5-6-8-14(2)18-15-9-10-16-17(13-15)20-12-7-11-19-16/h9-10,13-14,18H,3-8,11-12H2,1-2H3. The van der Waals surface area contributed by atoms with Gasteiger partial charge in [-0.3, -0.25) is 0 Å². The van der Waals surface area contributed by atoms with E-state index in [1.54, 1.807) is 0 Å². The minimum atomic E-state index is 0.497. The largest absolute Gasteiger partial charge is 0.490 e. The second-order valence-electron chi connectivity index (χ2n) is 5.61. The number of benzene rings is 1. The zero-order valence-corrected chi connectivity index (χ0v) is 12.8. The molecule has 0 saturated heterocycles. The van der Waals surface area contributed by atoms with E-state index in [9.17, 15) is 0 Å². The lowest BCUT2D eigenvalue weighted by Crippen LogP contribution is -2.14. The fourth-order valence-electron chi connectivity index (χ4n) is 2.49. The Kier molecular flexibility index (Phi) is 6.03. The van der Waals surface area contributed by atoms with Gasteiger partial charge in [0.15, 0.2) is 11.5 Å². The Hall–Kier alpha value is -1.38. The summed E-state index contributed by atoms with van der Waals surface area (Å²) in [6.07, 6.45) is 7.44. The molecule has 2 rings (SSSR count). The number of ether oxygens (including phenoxy) is 2. The van der Waals surface area contributed by atoms with Crippen LogP contribution in [-0.4, -0.2) is 19.3 Å². The van der Waals surface area contributed by atoms with E-state index in [1.807, 2.05) is 6.07 Å². The summed E-state index contributed by atoms with van der Waals surface area (Å²) in [6, 6.07) is 6.64. The summed E-state index contributed by atoms with van der Waals surface area (Å²) in [6.45, 7) is 5.98. The van der Waals surface area contributed by atoms with Crippen molar-refractivity contribution in [3.05, 3.63) is 18.2 Å². The van der Waals surface area contributed by atoms with Crippen LogP contribution in [0, 0.1) is 0 Å². The van der Waals surface area contributed by atoms with Crippen molar-refractivity contribution >= 4 is 5.69 Å². The number of anilines is 1.